The van der Waals surface area contributed by atoms with Crippen LogP contribution >= 0.6 is 0 Å². The second-order valence-electron chi connectivity index (χ2n) is 4.07. The number of anilines is 1. The summed E-state index contributed by atoms with van der Waals surface area (Å²) in [6.07, 6.45) is 0. The van der Waals surface area contributed by atoms with Gasteiger partial charge in [-0.15, -0.1) is 0 Å². The fourth-order valence-electron chi connectivity index (χ4n) is 1.72. The van der Waals surface area contributed by atoms with Gasteiger partial charge in [0.2, 0.25) is 0 Å². The minimum absolute atomic E-state index is 0.0214. The van der Waals surface area contributed by atoms with Crippen molar-refractivity contribution in [3.8, 4) is 0 Å². The van der Waals surface area contributed by atoms with Crippen molar-refractivity contribution in [3.63, 3.8) is 0 Å². The van der Waals surface area contributed by atoms with Gasteiger partial charge in [-0.25, -0.2) is 4.98 Å². The van der Waals surface area contributed by atoms with Crippen LogP contribution in [0.1, 0.15) is 12.5 Å². The largest absolute Gasteiger partial charge is 0.394 e. The Morgan fingerprint density at radius 2 is 2.12 bits per heavy atom. The molecule has 0 spiro atoms. The van der Waals surface area contributed by atoms with Gasteiger partial charge in [-0.2, -0.15) is 0 Å². The molecule has 0 saturated carbocycles. The number of rotatable bonds is 3. The van der Waals surface area contributed by atoms with Crippen molar-refractivity contribution in [2.75, 3.05) is 11.9 Å². The number of aryl methyl sites for hydroxylation is 1. The molecule has 1 atom stereocenters. The van der Waals surface area contributed by atoms with E-state index in [4.69, 9.17) is 5.11 Å². The van der Waals surface area contributed by atoms with Crippen molar-refractivity contribution in [3.05, 3.63) is 35.9 Å². The number of fused-ring (bicyclic) bond motifs is 1. The molecular weight excluding hydrogens is 200 g/mol. The lowest BCUT2D eigenvalue weighted by atomic mass is 10.1. The summed E-state index contributed by atoms with van der Waals surface area (Å²) in [5.41, 5.74) is 2.17. The minimum Gasteiger partial charge on any atom is -0.394 e. The normalized spacial score (nSPS) is 12.7. The molecule has 1 heterocycles. The fourth-order valence-corrected chi connectivity index (χ4v) is 1.72. The van der Waals surface area contributed by atoms with Crippen LogP contribution < -0.4 is 5.32 Å². The highest BCUT2D eigenvalue weighted by molar-refractivity contribution is 5.83. The van der Waals surface area contributed by atoms with Crippen LogP contribution in [0.3, 0.4) is 0 Å². The highest BCUT2D eigenvalue weighted by Crippen LogP contribution is 2.19. The first-order valence-corrected chi connectivity index (χ1v) is 5.44. The monoisotopic (exact) mass is 216 g/mol. The van der Waals surface area contributed by atoms with Gasteiger partial charge in [0.15, 0.2) is 0 Å². The van der Waals surface area contributed by atoms with E-state index in [1.165, 1.54) is 10.9 Å². The van der Waals surface area contributed by atoms with E-state index < -0.39 is 0 Å². The fraction of sp³-hybridized carbons (Fsp3) is 0.308. The number of nitrogens with one attached hydrogen (secondary N) is 1. The Labute approximate surface area is 95.1 Å². The molecule has 0 fully saturated rings. The Bertz CT molecular complexity index is 496. The average molecular weight is 216 g/mol. The van der Waals surface area contributed by atoms with Gasteiger partial charge in [0.05, 0.1) is 12.1 Å². The molecule has 0 bridgehead atoms. The lowest BCUT2D eigenvalue weighted by Crippen LogP contribution is -2.20. The van der Waals surface area contributed by atoms with Gasteiger partial charge >= 0.3 is 0 Å². The Balaban J connectivity index is 2.41. The maximum absolute atomic E-state index is 8.99. The molecule has 2 N–H and O–H groups in total. The van der Waals surface area contributed by atoms with Crippen LogP contribution in [-0.2, 0) is 0 Å². The van der Waals surface area contributed by atoms with E-state index >= 15 is 0 Å². The van der Waals surface area contributed by atoms with Crippen molar-refractivity contribution in [2.24, 2.45) is 0 Å². The molecule has 0 radical (unpaired) electrons. The molecule has 2 rings (SSSR count). The van der Waals surface area contributed by atoms with E-state index in [-0.39, 0.29) is 12.6 Å². The number of aromatic nitrogens is 1. The molecule has 0 aliphatic carbocycles. The van der Waals surface area contributed by atoms with Crippen LogP contribution in [0.25, 0.3) is 10.9 Å². The van der Waals surface area contributed by atoms with Gasteiger partial charge in [0, 0.05) is 11.4 Å². The van der Waals surface area contributed by atoms with Crippen molar-refractivity contribution in [1.29, 1.82) is 0 Å². The second-order valence-corrected chi connectivity index (χ2v) is 4.07. The zero-order chi connectivity index (χ0) is 11.5. The second kappa shape index (κ2) is 4.49. The maximum Gasteiger partial charge on any atom is 0.127 e. The minimum atomic E-state index is 0.0214. The highest BCUT2D eigenvalue weighted by Gasteiger charge is 2.04. The van der Waals surface area contributed by atoms with Crippen molar-refractivity contribution < 1.29 is 5.11 Å². The molecule has 16 heavy (non-hydrogen) atoms. The number of aliphatic hydroxyl groups is 1. The molecule has 2 aromatic rings. The molecule has 3 heteroatoms. The smallest absolute Gasteiger partial charge is 0.127 e. The van der Waals surface area contributed by atoms with E-state index in [1.54, 1.807) is 0 Å². The summed E-state index contributed by atoms with van der Waals surface area (Å²) in [4.78, 5) is 4.50. The SMILES string of the molecule is Cc1cc(NC(C)CO)nc2ccccc12. The lowest BCUT2D eigenvalue weighted by molar-refractivity contribution is 0.281. The Morgan fingerprint density at radius 1 is 1.38 bits per heavy atom. The topological polar surface area (TPSA) is 45.1 Å². The van der Waals surface area contributed by atoms with Crippen molar-refractivity contribution >= 4 is 16.7 Å². The summed E-state index contributed by atoms with van der Waals surface area (Å²) < 4.78 is 0. The molecule has 3 nitrogen and oxygen atoms in total. The number of para-hydroxylation sites is 1. The third-order valence-electron chi connectivity index (χ3n) is 2.59. The molecule has 0 aliphatic heterocycles. The number of benzene rings is 1. The molecule has 0 saturated heterocycles. The van der Waals surface area contributed by atoms with Crippen LogP contribution in [0.5, 0.6) is 0 Å². The number of pyridine rings is 1. The molecule has 1 unspecified atom stereocenters. The first kappa shape index (κ1) is 10.9. The summed E-state index contributed by atoms with van der Waals surface area (Å²) in [6, 6.07) is 10.1. The van der Waals surface area contributed by atoms with Gasteiger partial charge in [0.1, 0.15) is 5.82 Å². The first-order chi connectivity index (χ1) is 7.70. The predicted octanol–water partition coefficient (Wildman–Crippen LogP) is 2.34. The van der Waals surface area contributed by atoms with Gasteiger partial charge in [-0.3, -0.25) is 0 Å². The summed E-state index contributed by atoms with van der Waals surface area (Å²) >= 11 is 0. The van der Waals surface area contributed by atoms with Gasteiger partial charge in [-0.05, 0) is 31.5 Å². The first-order valence-electron chi connectivity index (χ1n) is 5.44. The molecule has 0 amide bonds. The molecule has 84 valence electrons. The van der Waals surface area contributed by atoms with Crippen molar-refractivity contribution in [1.82, 2.24) is 4.98 Å². The van der Waals surface area contributed by atoms with E-state index in [9.17, 15) is 0 Å². The van der Waals surface area contributed by atoms with Crippen molar-refractivity contribution in [2.45, 2.75) is 19.9 Å². The van der Waals surface area contributed by atoms with E-state index in [1.807, 2.05) is 31.2 Å². The zero-order valence-corrected chi connectivity index (χ0v) is 9.57. The number of hydrogen-bond donors (Lipinski definition) is 2. The predicted molar refractivity (Wildman–Crippen MR) is 66.7 cm³/mol. The van der Waals surface area contributed by atoms with E-state index in [2.05, 4.69) is 23.3 Å². The van der Waals surface area contributed by atoms with E-state index in [0.29, 0.717) is 0 Å². The Hall–Kier alpha value is -1.61. The van der Waals surface area contributed by atoms with Crippen LogP contribution in [0.4, 0.5) is 5.82 Å². The van der Waals surface area contributed by atoms with Crippen LogP contribution in [0, 0.1) is 6.92 Å². The Kier molecular flexibility index (Phi) is 3.06. The molecule has 1 aromatic heterocycles. The van der Waals surface area contributed by atoms with E-state index in [0.717, 1.165) is 11.3 Å². The lowest BCUT2D eigenvalue weighted by Gasteiger charge is -2.13. The Morgan fingerprint density at radius 3 is 2.88 bits per heavy atom. The van der Waals surface area contributed by atoms with Gasteiger partial charge in [-0.1, -0.05) is 18.2 Å². The van der Waals surface area contributed by atoms with Crippen LogP contribution in [0.15, 0.2) is 30.3 Å². The van der Waals surface area contributed by atoms with Crippen LogP contribution in [-0.4, -0.2) is 22.7 Å². The summed E-state index contributed by atoms with van der Waals surface area (Å²) in [5, 5.41) is 13.3. The molecular formula is C13H16N2O. The summed E-state index contributed by atoms with van der Waals surface area (Å²) in [7, 11) is 0. The average Bonchev–Trinajstić information content (AvgIpc) is 2.29. The number of nitrogens with zero attached hydrogens (tertiary/aromatic N) is 1. The quantitative estimate of drug-likeness (QED) is 0.827. The van der Waals surface area contributed by atoms with Crippen LogP contribution in [0.2, 0.25) is 0 Å². The standard InChI is InChI=1S/C13H16N2O/c1-9-7-13(14-10(2)8-16)15-12-6-4-3-5-11(9)12/h3-7,10,16H,8H2,1-2H3,(H,14,15). The third kappa shape index (κ3) is 2.14. The van der Waals surface area contributed by atoms with Gasteiger partial charge in [0.25, 0.3) is 0 Å². The maximum atomic E-state index is 8.99. The summed E-state index contributed by atoms with van der Waals surface area (Å²) in [5.74, 6) is 0.817. The molecule has 1 aromatic carbocycles. The van der Waals surface area contributed by atoms with Gasteiger partial charge < -0.3 is 10.4 Å². The third-order valence-corrected chi connectivity index (χ3v) is 2.59. The highest BCUT2D eigenvalue weighted by atomic mass is 16.3. The summed E-state index contributed by atoms with van der Waals surface area (Å²) in [6.45, 7) is 4.10. The zero-order valence-electron chi connectivity index (χ0n) is 9.57. The molecule has 0 aliphatic rings. The number of hydrogen-bond acceptors (Lipinski definition) is 3. The number of aliphatic hydroxyl groups excluding tert-OH is 1.